The quantitative estimate of drug-likeness (QED) is 0.266. The number of ether oxygens (including phenoxy) is 4. The van der Waals surface area contributed by atoms with Gasteiger partial charge >= 0.3 is 0 Å². The van der Waals surface area contributed by atoms with Gasteiger partial charge in [-0.05, 0) is 56.2 Å². The number of carbonyl (C=O) groups is 2. The lowest BCUT2D eigenvalue weighted by molar-refractivity contribution is -0.245. The van der Waals surface area contributed by atoms with Crippen molar-refractivity contribution in [2.45, 2.75) is 32.4 Å². The Morgan fingerprint density at radius 2 is 1.68 bits per heavy atom. The topological polar surface area (TPSA) is 101 Å². The summed E-state index contributed by atoms with van der Waals surface area (Å²) in [6, 6.07) is 10.9. The Bertz CT molecular complexity index is 1170. The number of rotatable bonds is 10. The number of hydrogen-bond donors (Lipinski definition) is 0. The Balaban J connectivity index is 1.73. The van der Waals surface area contributed by atoms with Gasteiger partial charge in [-0.25, -0.2) is 0 Å². The Hall–Kier alpha value is -3.56. The molecule has 0 N–H and O–H groups in total. The Morgan fingerprint density at radius 3 is 2.32 bits per heavy atom. The van der Waals surface area contributed by atoms with Crippen LogP contribution in [0.5, 0.6) is 17.2 Å². The van der Waals surface area contributed by atoms with E-state index in [-0.39, 0.29) is 11.7 Å². The Labute approximate surface area is 223 Å². The van der Waals surface area contributed by atoms with Gasteiger partial charge < -0.3 is 29.0 Å². The van der Waals surface area contributed by atoms with Crippen molar-refractivity contribution in [1.29, 1.82) is 0 Å². The molecule has 204 valence electrons. The van der Waals surface area contributed by atoms with Crippen molar-refractivity contribution in [3.8, 4) is 17.2 Å². The van der Waals surface area contributed by atoms with Gasteiger partial charge in [0.1, 0.15) is 17.2 Å². The van der Waals surface area contributed by atoms with Gasteiger partial charge in [0.05, 0.1) is 39.6 Å². The highest BCUT2D eigenvalue weighted by molar-refractivity contribution is 6.46. The molecule has 0 saturated carbocycles. The molecule has 2 aliphatic heterocycles. The van der Waals surface area contributed by atoms with Crippen molar-refractivity contribution in [2.24, 2.45) is 0 Å². The number of methoxy groups -OCH3 is 2. The minimum absolute atomic E-state index is 0.0177. The first-order valence-corrected chi connectivity index (χ1v) is 12.9. The lowest BCUT2D eigenvalue weighted by atomic mass is 9.94. The van der Waals surface area contributed by atoms with Crippen molar-refractivity contribution < 1.29 is 33.6 Å². The van der Waals surface area contributed by atoms with E-state index in [1.54, 1.807) is 42.5 Å². The summed E-state index contributed by atoms with van der Waals surface area (Å²) < 4.78 is 22.1. The molecule has 2 saturated heterocycles. The van der Waals surface area contributed by atoms with E-state index < -0.39 is 23.5 Å². The molecule has 2 aromatic carbocycles. The third kappa shape index (κ3) is 5.95. The second-order valence-corrected chi connectivity index (χ2v) is 9.58. The normalized spacial score (nSPS) is 19.7. The molecule has 2 aliphatic rings. The van der Waals surface area contributed by atoms with E-state index in [9.17, 15) is 14.7 Å². The first-order chi connectivity index (χ1) is 18.3. The molecule has 2 fully saturated rings. The number of nitrogens with zero attached hydrogens (tertiary/aromatic N) is 2. The summed E-state index contributed by atoms with van der Waals surface area (Å²) in [5.74, 6) is -0.370. The molecule has 0 aromatic heterocycles. The van der Waals surface area contributed by atoms with Crippen LogP contribution >= 0.6 is 0 Å². The van der Waals surface area contributed by atoms with Crippen molar-refractivity contribution in [1.82, 2.24) is 9.80 Å². The van der Waals surface area contributed by atoms with Gasteiger partial charge in [-0.2, -0.15) is 0 Å². The summed E-state index contributed by atoms with van der Waals surface area (Å²) in [5.41, 5.74) is 0.741. The smallest absolute Gasteiger partial charge is 0.295 e. The lowest BCUT2D eigenvalue weighted by Gasteiger charge is -2.30. The molecule has 1 amide bonds. The van der Waals surface area contributed by atoms with Crippen LogP contribution < -0.4 is 19.3 Å². The summed E-state index contributed by atoms with van der Waals surface area (Å²) in [6.07, 6.45) is 0.626. The van der Waals surface area contributed by atoms with Gasteiger partial charge in [-0.3, -0.25) is 14.5 Å². The molecule has 9 heteroatoms. The molecule has 2 aromatic rings. The Morgan fingerprint density at radius 1 is 1.00 bits per heavy atom. The zero-order valence-corrected chi connectivity index (χ0v) is 22.4. The van der Waals surface area contributed by atoms with Crippen LogP contribution in [0.3, 0.4) is 0 Å². The highest BCUT2D eigenvalue weighted by atomic mass is 16.5. The standard InChI is InChI=1S/C29H36N2O7/c1-19(2)38-21-8-6-20(7-9-21)27(32)25-26(23-18-22(35-3)10-11-24(23)36-4)31(29(34)28(25)33)13-5-12-30-14-16-37-17-15-30/h6-11,18-19,26,32H,5,12-17H2,1-4H3/p-1. The average Bonchev–Trinajstić information content (AvgIpc) is 3.18. The summed E-state index contributed by atoms with van der Waals surface area (Å²) in [6.45, 7) is 7.90. The number of amides is 1. The van der Waals surface area contributed by atoms with Gasteiger partial charge in [0, 0.05) is 37.3 Å². The number of Topliss-reactive ketones (excluding diaryl/α,β-unsaturated/α-hetero) is 1. The molecule has 1 atom stereocenters. The second-order valence-electron chi connectivity index (χ2n) is 9.58. The van der Waals surface area contributed by atoms with Crippen LogP contribution in [0.15, 0.2) is 48.0 Å². The zero-order chi connectivity index (χ0) is 27.2. The predicted molar refractivity (Wildman–Crippen MR) is 140 cm³/mol. The third-order valence-electron chi connectivity index (χ3n) is 6.73. The number of benzene rings is 2. The van der Waals surface area contributed by atoms with E-state index in [2.05, 4.69) is 4.90 Å². The number of carbonyl (C=O) groups excluding carboxylic acids is 2. The molecule has 0 bridgehead atoms. The van der Waals surface area contributed by atoms with Crippen LogP contribution in [-0.4, -0.2) is 81.2 Å². The van der Waals surface area contributed by atoms with Gasteiger partial charge in [0.15, 0.2) is 0 Å². The SMILES string of the molecule is COc1ccc(OC)c(C2C(=C([O-])c3ccc(OC(C)C)cc3)C(=O)C(=O)N2CCCN2CCOCC2)c1. The van der Waals surface area contributed by atoms with Gasteiger partial charge in [-0.15, -0.1) is 0 Å². The van der Waals surface area contributed by atoms with Crippen LogP contribution in [0.25, 0.3) is 5.76 Å². The van der Waals surface area contributed by atoms with E-state index in [0.717, 1.165) is 19.6 Å². The van der Waals surface area contributed by atoms with Crippen molar-refractivity contribution >= 4 is 17.4 Å². The second kappa shape index (κ2) is 12.3. The maximum Gasteiger partial charge on any atom is 0.295 e. The highest BCUT2D eigenvalue weighted by Gasteiger charge is 2.45. The number of morpholine rings is 1. The first kappa shape index (κ1) is 27.5. The molecule has 0 radical (unpaired) electrons. The van der Waals surface area contributed by atoms with Crippen molar-refractivity contribution in [3.63, 3.8) is 0 Å². The number of hydrogen-bond acceptors (Lipinski definition) is 8. The minimum atomic E-state index is -0.899. The fourth-order valence-electron chi connectivity index (χ4n) is 4.88. The largest absolute Gasteiger partial charge is 0.872 e. The van der Waals surface area contributed by atoms with E-state index in [0.29, 0.717) is 54.6 Å². The fourth-order valence-corrected chi connectivity index (χ4v) is 4.88. The maximum absolute atomic E-state index is 13.8. The molecule has 0 spiro atoms. The molecule has 38 heavy (non-hydrogen) atoms. The van der Waals surface area contributed by atoms with Crippen molar-refractivity contribution in [2.75, 3.05) is 53.6 Å². The zero-order valence-electron chi connectivity index (χ0n) is 22.4. The van der Waals surface area contributed by atoms with Crippen LogP contribution in [0.1, 0.15) is 37.4 Å². The van der Waals surface area contributed by atoms with Crippen LogP contribution in [0.2, 0.25) is 0 Å². The number of ketones is 1. The molecular weight excluding hydrogens is 488 g/mol. The van der Waals surface area contributed by atoms with Crippen LogP contribution in [-0.2, 0) is 14.3 Å². The average molecular weight is 524 g/mol. The molecule has 1 unspecified atom stereocenters. The van der Waals surface area contributed by atoms with Crippen molar-refractivity contribution in [3.05, 3.63) is 59.2 Å². The summed E-state index contributed by atoms with van der Waals surface area (Å²) >= 11 is 0. The highest BCUT2D eigenvalue weighted by Crippen LogP contribution is 2.43. The molecule has 9 nitrogen and oxygen atoms in total. The molecular formula is C29H35N2O7-. The van der Waals surface area contributed by atoms with E-state index >= 15 is 0 Å². The predicted octanol–water partition coefficient (Wildman–Crippen LogP) is 2.44. The number of likely N-dealkylation sites (tertiary alicyclic amines) is 1. The summed E-state index contributed by atoms with van der Waals surface area (Å²) in [7, 11) is 3.05. The van der Waals surface area contributed by atoms with Crippen LogP contribution in [0, 0.1) is 0 Å². The van der Waals surface area contributed by atoms with E-state index in [1.165, 1.54) is 19.1 Å². The van der Waals surface area contributed by atoms with Gasteiger partial charge in [-0.1, -0.05) is 17.9 Å². The molecule has 2 heterocycles. The lowest BCUT2D eigenvalue weighted by Crippen LogP contribution is -2.39. The third-order valence-corrected chi connectivity index (χ3v) is 6.73. The minimum Gasteiger partial charge on any atom is -0.872 e. The monoisotopic (exact) mass is 523 g/mol. The first-order valence-electron chi connectivity index (χ1n) is 12.9. The maximum atomic E-state index is 13.8. The Kier molecular flexibility index (Phi) is 8.91. The van der Waals surface area contributed by atoms with Gasteiger partial charge in [0.25, 0.3) is 5.91 Å². The molecule has 0 aliphatic carbocycles. The van der Waals surface area contributed by atoms with Crippen LogP contribution in [0.4, 0.5) is 0 Å². The van der Waals surface area contributed by atoms with E-state index in [4.69, 9.17) is 18.9 Å². The summed E-state index contributed by atoms with van der Waals surface area (Å²) in [4.78, 5) is 30.5. The molecule has 4 rings (SSSR count). The summed E-state index contributed by atoms with van der Waals surface area (Å²) in [5, 5.41) is 13.8. The van der Waals surface area contributed by atoms with Gasteiger partial charge in [0.2, 0.25) is 5.78 Å². The fraction of sp³-hybridized carbons (Fsp3) is 0.448. The van der Waals surface area contributed by atoms with E-state index in [1.807, 2.05) is 13.8 Å².